The molecule has 7 nitrogen and oxygen atoms in total. The highest BCUT2D eigenvalue weighted by atomic mass is 32.1. The van der Waals surface area contributed by atoms with Gasteiger partial charge in [0.2, 0.25) is 0 Å². The van der Waals surface area contributed by atoms with Crippen LogP contribution in [0.4, 0.5) is 0 Å². The molecule has 2 atom stereocenters. The van der Waals surface area contributed by atoms with Gasteiger partial charge in [0, 0.05) is 33.2 Å². The molecule has 2 aromatic heterocycles. The van der Waals surface area contributed by atoms with Crippen molar-refractivity contribution < 1.29 is 4.74 Å². The first-order chi connectivity index (χ1) is 12.2. The molecule has 0 amide bonds. The van der Waals surface area contributed by atoms with Gasteiger partial charge in [0.25, 0.3) is 0 Å². The number of hydrogen-bond donors (Lipinski definition) is 2. The predicted octanol–water partition coefficient (Wildman–Crippen LogP) is 1.77. The van der Waals surface area contributed by atoms with E-state index in [0.717, 1.165) is 43.5 Å². The van der Waals surface area contributed by atoms with Crippen LogP contribution in [0.3, 0.4) is 0 Å². The molecule has 1 aliphatic heterocycles. The quantitative estimate of drug-likeness (QED) is 0.605. The van der Waals surface area contributed by atoms with Gasteiger partial charge in [0.15, 0.2) is 11.8 Å². The molecule has 0 saturated heterocycles. The number of hydrogen-bond acceptors (Lipinski definition) is 5. The lowest BCUT2D eigenvalue weighted by Crippen LogP contribution is -2.47. The summed E-state index contributed by atoms with van der Waals surface area (Å²) in [5.74, 6) is 3.09. The van der Waals surface area contributed by atoms with E-state index < -0.39 is 0 Å². The molecule has 0 aromatic carbocycles. The molecule has 2 aromatic rings. The summed E-state index contributed by atoms with van der Waals surface area (Å²) in [7, 11) is 3.47. The second kappa shape index (κ2) is 8.44. The summed E-state index contributed by atoms with van der Waals surface area (Å²) in [5, 5.41) is 15.8. The predicted molar refractivity (Wildman–Crippen MR) is 100 cm³/mol. The van der Waals surface area contributed by atoms with Crippen LogP contribution in [0.5, 0.6) is 0 Å². The molecule has 0 bridgehead atoms. The van der Waals surface area contributed by atoms with Crippen molar-refractivity contribution in [2.75, 3.05) is 20.7 Å². The number of rotatable bonds is 6. The van der Waals surface area contributed by atoms with E-state index in [2.05, 4.69) is 49.5 Å². The number of nitrogens with zero attached hydrogens (tertiary/aromatic N) is 4. The van der Waals surface area contributed by atoms with E-state index in [4.69, 9.17) is 4.74 Å². The molecule has 0 saturated carbocycles. The van der Waals surface area contributed by atoms with E-state index in [1.54, 1.807) is 18.4 Å². The lowest BCUT2D eigenvalue weighted by Gasteiger charge is -2.26. The topological polar surface area (TPSA) is 76.4 Å². The van der Waals surface area contributed by atoms with Crippen LogP contribution in [-0.4, -0.2) is 47.5 Å². The van der Waals surface area contributed by atoms with Crippen LogP contribution in [0.15, 0.2) is 21.8 Å². The molecular weight excluding hydrogens is 336 g/mol. The van der Waals surface area contributed by atoms with E-state index in [-0.39, 0.29) is 0 Å². The van der Waals surface area contributed by atoms with Crippen molar-refractivity contribution >= 4 is 17.3 Å². The van der Waals surface area contributed by atoms with Crippen LogP contribution in [0, 0.1) is 0 Å². The maximum absolute atomic E-state index is 5.12. The molecule has 0 fully saturated rings. The van der Waals surface area contributed by atoms with E-state index in [1.165, 1.54) is 5.56 Å². The third-order valence-electron chi connectivity index (χ3n) is 4.43. The fourth-order valence-corrected chi connectivity index (χ4v) is 3.76. The number of thiophene rings is 1. The van der Waals surface area contributed by atoms with Gasteiger partial charge in [-0.2, -0.15) is 16.4 Å². The first-order valence-electron chi connectivity index (χ1n) is 8.60. The minimum absolute atomic E-state index is 0.298. The minimum atomic E-state index is 0.298. The third kappa shape index (κ3) is 4.58. The summed E-state index contributed by atoms with van der Waals surface area (Å²) < 4.78 is 7.10. The molecule has 3 rings (SSSR count). The van der Waals surface area contributed by atoms with Gasteiger partial charge in [-0.3, -0.25) is 4.99 Å². The third-order valence-corrected chi connectivity index (χ3v) is 5.13. The number of guanidine groups is 1. The largest absolute Gasteiger partial charge is 0.377 e. The highest BCUT2D eigenvalue weighted by Crippen LogP contribution is 2.17. The molecular formula is C17H26N6OS. The van der Waals surface area contributed by atoms with Crippen molar-refractivity contribution in [2.24, 2.45) is 4.99 Å². The van der Waals surface area contributed by atoms with Gasteiger partial charge in [0.1, 0.15) is 12.4 Å². The van der Waals surface area contributed by atoms with Crippen molar-refractivity contribution in [3.05, 3.63) is 34.0 Å². The summed E-state index contributed by atoms with van der Waals surface area (Å²) in [5.41, 5.74) is 1.36. The zero-order valence-electron chi connectivity index (χ0n) is 15.0. The van der Waals surface area contributed by atoms with Gasteiger partial charge in [-0.05, 0) is 34.7 Å². The number of ether oxygens (including phenoxy) is 1. The van der Waals surface area contributed by atoms with Gasteiger partial charge in [-0.25, -0.2) is 9.67 Å². The van der Waals surface area contributed by atoms with Gasteiger partial charge in [-0.1, -0.05) is 6.92 Å². The van der Waals surface area contributed by atoms with Crippen LogP contribution in [-0.2, 0) is 24.3 Å². The normalized spacial score (nSPS) is 18.7. The number of aryl methyl sites for hydroxylation is 1. The Bertz CT molecular complexity index is 696. The van der Waals surface area contributed by atoms with Crippen LogP contribution in [0.2, 0.25) is 0 Å². The lowest BCUT2D eigenvalue weighted by molar-refractivity contribution is 0.177. The number of aliphatic imine (C=N–C) groups is 1. The Kier molecular flexibility index (Phi) is 6.04. The number of aromatic nitrogens is 3. The summed E-state index contributed by atoms with van der Waals surface area (Å²) >= 11 is 1.74. The Balaban J connectivity index is 1.52. The fourth-order valence-electron chi connectivity index (χ4n) is 2.98. The van der Waals surface area contributed by atoms with E-state index in [9.17, 15) is 0 Å². The van der Waals surface area contributed by atoms with Crippen molar-refractivity contribution in [3.63, 3.8) is 0 Å². The van der Waals surface area contributed by atoms with E-state index in [1.807, 2.05) is 11.7 Å². The average molecular weight is 363 g/mol. The Hall–Kier alpha value is -1.93. The SMILES string of the molecule is CN=C(NCC(C)c1ccsc1)NC1CCc2nc(COC)nn2C1. The monoisotopic (exact) mass is 362 g/mol. The van der Waals surface area contributed by atoms with E-state index in [0.29, 0.717) is 18.6 Å². The van der Waals surface area contributed by atoms with Crippen LogP contribution >= 0.6 is 11.3 Å². The molecule has 0 radical (unpaired) electrons. The maximum atomic E-state index is 5.12. The Labute approximate surface area is 152 Å². The Morgan fingerprint density at radius 3 is 3.16 bits per heavy atom. The van der Waals surface area contributed by atoms with Crippen molar-refractivity contribution in [2.45, 2.75) is 44.9 Å². The molecule has 2 unspecified atom stereocenters. The van der Waals surface area contributed by atoms with E-state index >= 15 is 0 Å². The van der Waals surface area contributed by atoms with Crippen LogP contribution in [0.1, 0.15) is 36.5 Å². The second-order valence-corrected chi connectivity index (χ2v) is 7.13. The zero-order chi connectivity index (χ0) is 17.6. The van der Waals surface area contributed by atoms with Crippen LogP contribution in [0.25, 0.3) is 0 Å². The molecule has 1 aliphatic rings. The van der Waals surface area contributed by atoms with Crippen molar-refractivity contribution in [1.82, 2.24) is 25.4 Å². The number of nitrogens with one attached hydrogen (secondary N) is 2. The first-order valence-corrected chi connectivity index (χ1v) is 9.54. The lowest BCUT2D eigenvalue weighted by atomic mass is 10.1. The number of methoxy groups -OCH3 is 1. The van der Waals surface area contributed by atoms with Crippen molar-refractivity contribution in [1.29, 1.82) is 0 Å². The minimum Gasteiger partial charge on any atom is -0.377 e. The average Bonchev–Trinajstić information content (AvgIpc) is 3.27. The van der Waals surface area contributed by atoms with Gasteiger partial charge in [-0.15, -0.1) is 0 Å². The van der Waals surface area contributed by atoms with Gasteiger partial charge >= 0.3 is 0 Å². The van der Waals surface area contributed by atoms with Crippen LogP contribution < -0.4 is 10.6 Å². The zero-order valence-corrected chi connectivity index (χ0v) is 15.8. The Morgan fingerprint density at radius 2 is 2.44 bits per heavy atom. The standard InChI is InChI=1S/C17H26N6OS/c1-12(13-6-7-25-11-13)8-19-17(18-2)20-14-4-5-16-21-15(10-24-3)22-23(16)9-14/h6-7,11-12,14H,4-5,8-10H2,1-3H3,(H2,18,19,20). The molecule has 8 heteroatoms. The van der Waals surface area contributed by atoms with Gasteiger partial charge < -0.3 is 15.4 Å². The number of fused-ring (bicyclic) bond motifs is 1. The fraction of sp³-hybridized carbons (Fsp3) is 0.588. The second-order valence-electron chi connectivity index (χ2n) is 6.35. The molecule has 2 N–H and O–H groups in total. The van der Waals surface area contributed by atoms with Gasteiger partial charge in [0.05, 0.1) is 6.54 Å². The van der Waals surface area contributed by atoms with Crippen molar-refractivity contribution in [3.8, 4) is 0 Å². The molecule has 3 heterocycles. The maximum Gasteiger partial charge on any atom is 0.191 e. The summed E-state index contributed by atoms with van der Waals surface area (Å²) in [6.07, 6.45) is 1.93. The summed E-state index contributed by atoms with van der Waals surface area (Å²) in [4.78, 5) is 8.87. The highest BCUT2D eigenvalue weighted by Gasteiger charge is 2.22. The molecule has 136 valence electrons. The summed E-state index contributed by atoms with van der Waals surface area (Å²) in [6.45, 7) is 4.34. The molecule has 0 aliphatic carbocycles. The smallest absolute Gasteiger partial charge is 0.191 e. The Morgan fingerprint density at radius 1 is 1.56 bits per heavy atom. The highest BCUT2D eigenvalue weighted by molar-refractivity contribution is 7.07. The first kappa shape index (κ1) is 17.9. The molecule has 25 heavy (non-hydrogen) atoms. The summed E-state index contributed by atoms with van der Waals surface area (Å²) in [6, 6.07) is 2.48. The molecule has 0 spiro atoms.